The van der Waals surface area contributed by atoms with E-state index in [1.165, 1.54) is 4.31 Å². The lowest BCUT2D eigenvalue weighted by Gasteiger charge is -2.30. The fourth-order valence-electron chi connectivity index (χ4n) is 3.27. The Morgan fingerprint density at radius 1 is 1.21 bits per heavy atom. The first-order chi connectivity index (χ1) is 13.3. The van der Waals surface area contributed by atoms with Crippen LogP contribution in [0.3, 0.4) is 0 Å². The molecule has 0 saturated carbocycles. The molecule has 0 bridgehead atoms. The summed E-state index contributed by atoms with van der Waals surface area (Å²) in [6, 6.07) is 12.7. The first kappa shape index (κ1) is 21.3. The SMILES string of the molecule is Cc1ccccc1CS(=O)(=O)N1CCC(C(=O)Nc2ccc(Br)c(Cl)c2)CC1. The monoisotopic (exact) mass is 484 g/mol. The third-order valence-corrected chi connectivity index (χ3v) is 8.06. The molecule has 1 heterocycles. The fourth-order valence-corrected chi connectivity index (χ4v) is 5.37. The molecule has 3 rings (SSSR count). The van der Waals surface area contributed by atoms with E-state index in [1.807, 2.05) is 31.2 Å². The number of rotatable bonds is 5. The molecule has 1 fully saturated rings. The molecule has 150 valence electrons. The molecule has 1 aliphatic rings. The summed E-state index contributed by atoms with van der Waals surface area (Å²) in [5.74, 6) is -0.324. The van der Waals surface area contributed by atoms with E-state index < -0.39 is 10.0 Å². The van der Waals surface area contributed by atoms with Crippen LogP contribution in [0.1, 0.15) is 24.0 Å². The van der Waals surface area contributed by atoms with Crippen molar-refractivity contribution >= 4 is 49.1 Å². The summed E-state index contributed by atoms with van der Waals surface area (Å²) in [5.41, 5.74) is 2.41. The minimum absolute atomic E-state index is 0.00602. The molecular formula is C20H22BrClN2O3S. The van der Waals surface area contributed by atoms with Gasteiger partial charge in [-0.3, -0.25) is 4.79 Å². The van der Waals surface area contributed by atoms with Gasteiger partial charge in [-0.05, 0) is 65.0 Å². The van der Waals surface area contributed by atoms with Gasteiger partial charge in [-0.25, -0.2) is 12.7 Å². The Morgan fingerprint density at radius 3 is 2.54 bits per heavy atom. The largest absolute Gasteiger partial charge is 0.326 e. The topological polar surface area (TPSA) is 66.5 Å². The lowest BCUT2D eigenvalue weighted by molar-refractivity contribution is -0.120. The number of carbonyl (C=O) groups excluding carboxylic acids is 1. The molecule has 8 heteroatoms. The number of piperidine rings is 1. The smallest absolute Gasteiger partial charge is 0.227 e. The van der Waals surface area contributed by atoms with Crippen LogP contribution in [0.5, 0.6) is 0 Å². The summed E-state index contributed by atoms with van der Waals surface area (Å²) in [4.78, 5) is 12.5. The highest BCUT2D eigenvalue weighted by molar-refractivity contribution is 9.10. The summed E-state index contributed by atoms with van der Waals surface area (Å²) in [6.07, 6.45) is 1.01. The molecule has 0 aromatic heterocycles. The van der Waals surface area contributed by atoms with E-state index in [4.69, 9.17) is 11.6 Å². The number of amides is 1. The summed E-state index contributed by atoms with van der Waals surface area (Å²) in [6.45, 7) is 2.62. The minimum atomic E-state index is -3.40. The number of benzene rings is 2. The molecule has 0 atom stereocenters. The van der Waals surface area contributed by atoms with Crippen LogP contribution >= 0.6 is 27.5 Å². The molecule has 0 unspecified atom stereocenters. The van der Waals surface area contributed by atoms with Crippen molar-refractivity contribution in [3.63, 3.8) is 0 Å². The third kappa shape index (κ3) is 5.14. The van der Waals surface area contributed by atoms with Crippen molar-refractivity contribution in [1.29, 1.82) is 0 Å². The fraction of sp³-hybridized carbons (Fsp3) is 0.350. The summed E-state index contributed by atoms with van der Waals surface area (Å²) < 4.78 is 27.8. The van der Waals surface area contributed by atoms with Crippen molar-refractivity contribution in [3.8, 4) is 0 Å². The maximum absolute atomic E-state index is 12.8. The van der Waals surface area contributed by atoms with E-state index in [2.05, 4.69) is 21.2 Å². The Morgan fingerprint density at radius 2 is 1.89 bits per heavy atom. The van der Waals surface area contributed by atoms with Crippen LogP contribution in [0.25, 0.3) is 0 Å². The van der Waals surface area contributed by atoms with Crippen molar-refractivity contribution in [2.75, 3.05) is 18.4 Å². The van der Waals surface area contributed by atoms with Gasteiger partial charge < -0.3 is 5.32 Å². The summed E-state index contributed by atoms with van der Waals surface area (Å²) >= 11 is 9.38. The van der Waals surface area contributed by atoms with Gasteiger partial charge in [0.15, 0.2) is 0 Å². The van der Waals surface area contributed by atoms with Gasteiger partial charge in [0.1, 0.15) is 0 Å². The number of hydrogen-bond acceptors (Lipinski definition) is 3. The number of aryl methyl sites for hydroxylation is 1. The average Bonchev–Trinajstić information content (AvgIpc) is 2.66. The van der Waals surface area contributed by atoms with E-state index in [0.717, 1.165) is 15.6 Å². The second-order valence-corrected chi connectivity index (χ2v) is 10.2. The predicted octanol–water partition coefficient (Wildman–Crippen LogP) is 4.59. The Kier molecular flexibility index (Phi) is 6.81. The first-order valence-corrected chi connectivity index (χ1v) is 11.8. The van der Waals surface area contributed by atoms with Crippen molar-refractivity contribution in [2.24, 2.45) is 5.92 Å². The second kappa shape index (κ2) is 8.95. The number of nitrogens with one attached hydrogen (secondary N) is 1. The van der Waals surface area contributed by atoms with Gasteiger partial charge in [0.25, 0.3) is 0 Å². The molecule has 1 saturated heterocycles. The van der Waals surface area contributed by atoms with Crippen LogP contribution < -0.4 is 5.32 Å². The molecule has 1 aliphatic heterocycles. The van der Waals surface area contributed by atoms with Crippen molar-refractivity contribution < 1.29 is 13.2 Å². The zero-order valence-corrected chi connectivity index (χ0v) is 18.6. The molecule has 28 heavy (non-hydrogen) atoms. The summed E-state index contributed by atoms with van der Waals surface area (Å²) in [5, 5.41) is 3.39. The third-order valence-electron chi connectivity index (χ3n) is 5.00. The van der Waals surface area contributed by atoms with Gasteiger partial charge in [0, 0.05) is 29.2 Å². The number of halogens is 2. The molecular weight excluding hydrogens is 464 g/mol. The lowest BCUT2D eigenvalue weighted by atomic mass is 9.97. The van der Waals surface area contributed by atoms with E-state index in [-0.39, 0.29) is 17.6 Å². The van der Waals surface area contributed by atoms with Crippen molar-refractivity contribution in [1.82, 2.24) is 4.31 Å². The number of sulfonamides is 1. The molecule has 2 aromatic rings. The maximum Gasteiger partial charge on any atom is 0.227 e. The summed E-state index contributed by atoms with van der Waals surface area (Å²) in [7, 11) is -3.40. The van der Waals surface area contributed by atoms with Gasteiger partial charge in [0.05, 0.1) is 10.8 Å². The van der Waals surface area contributed by atoms with Gasteiger partial charge in [-0.2, -0.15) is 0 Å². The van der Waals surface area contributed by atoms with Crippen LogP contribution in [-0.2, 0) is 20.6 Å². The first-order valence-electron chi connectivity index (χ1n) is 9.04. The van der Waals surface area contributed by atoms with Crippen LogP contribution in [0.4, 0.5) is 5.69 Å². The van der Waals surface area contributed by atoms with Crippen LogP contribution in [0, 0.1) is 12.8 Å². The van der Waals surface area contributed by atoms with E-state index in [0.29, 0.717) is 36.6 Å². The van der Waals surface area contributed by atoms with Gasteiger partial charge in [0.2, 0.25) is 15.9 Å². The highest BCUT2D eigenvalue weighted by Crippen LogP contribution is 2.27. The van der Waals surface area contributed by atoms with E-state index in [9.17, 15) is 13.2 Å². The maximum atomic E-state index is 12.8. The number of carbonyl (C=O) groups is 1. The normalized spacial score (nSPS) is 16.1. The minimum Gasteiger partial charge on any atom is -0.326 e. The second-order valence-electron chi connectivity index (χ2n) is 6.97. The lowest BCUT2D eigenvalue weighted by Crippen LogP contribution is -2.41. The van der Waals surface area contributed by atoms with Gasteiger partial charge in [-0.1, -0.05) is 35.9 Å². The van der Waals surface area contributed by atoms with Gasteiger partial charge in [-0.15, -0.1) is 0 Å². The van der Waals surface area contributed by atoms with Crippen molar-refractivity contribution in [3.05, 3.63) is 63.1 Å². The quantitative estimate of drug-likeness (QED) is 0.673. The Bertz CT molecular complexity index is 973. The number of anilines is 1. The zero-order chi connectivity index (χ0) is 20.3. The zero-order valence-electron chi connectivity index (χ0n) is 15.5. The molecule has 5 nitrogen and oxygen atoms in total. The highest BCUT2D eigenvalue weighted by atomic mass is 79.9. The molecule has 1 N–H and O–H groups in total. The van der Waals surface area contributed by atoms with Crippen LogP contribution in [-0.4, -0.2) is 31.7 Å². The standard InChI is InChI=1S/C20H22BrClN2O3S/c1-14-4-2-3-5-16(14)13-28(26,27)24-10-8-15(9-11-24)20(25)23-17-6-7-18(21)19(22)12-17/h2-7,12,15H,8-11,13H2,1H3,(H,23,25). The van der Waals surface area contributed by atoms with Crippen molar-refractivity contribution in [2.45, 2.75) is 25.5 Å². The average molecular weight is 486 g/mol. The van der Waals surface area contributed by atoms with E-state index >= 15 is 0 Å². The molecule has 1 amide bonds. The van der Waals surface area contributed by atoms with Gasteiger partial charge >= 0.3 is 0 Å². The van der Waals surface area contributed by atoms with Crippen LogP contribution in [0.15, 0.2) is 46.9 Å². The molecule has 0 spiro atoms. The number of hydrogen-bond donors (Lipinski definition) is 1. The highest BCUT2D eigenvalue weighted by Gasteiger charge is 2.31. The molecule has 2 aromatic carbocycles. The van der Waals surface area contributed by atoms with E-state index in [1.54, 1.807) is 18.2 Å². The number of nitrogens with zero attached hydrogens (tertiary/aromatic N) is 1. The molecule has 0 aliphatic carbocycles. The van der Waals surface area contributed by atoms with Crippen LogP contribution in [0.2, 0.25) is 5.02 Å². The Balaban J connectivity index is 1.58. The predicted molar refractivity (Wildman–Crippen MR) is 116 cm³/mol. The Labute approximate surface area is 179 Å². The molecule has 0 radical (unpaired) electrons. The Hall–Kier alpha value is -1.41.